The number of nitrogens with one attached hydrogen (secondary N) is 1. The molecule has 3 aliphatic rings. The van der Waals surface area contributed by atoms with Crippen molar-refractivity contribution in [3.8, 4) is 0 Å². The number of hydrogen-bond acceptors (Lipinski definition) is 9. The number of hydrogen-bond donors (Lipinski definition) is 1. The van der Waals surface area contributed by atoms with Gasteiger partial charge in [-0.2, -0.15) is 9.03 Å². The summed E-state index contributed by atoms with van der Waals surface area (Å²) >= 11 is 8.38. The Morgan fingerprint density at radius 2 is 1.73 bits per heavy atom. The summed E-state index contributed by atoms with van der Waals surface area (Å²) in [5, 5.41) is 2.99. The Bertz CT molecular complexity index is 1740. The number of piperidine rings is 1. The number of amides is 2. The van der Waals surface area contributed by atoms with Crippen LogP contribution in [0.15, 0.2) is 50.2 Å². The van der Waals surface area contributed by atoms with Gasteiger partial charge in [-0.15, -0.1) is 22.7 Å². The molecule has 2 aromatic heterocycles. The molecule has 0 aliphatic carbocycles. The van der Waals surface area contributed by atoms with Crippen LogP contribution in [-0.2, 0) is 29.6 Å². The highest BCUT2D eigenvalue weighted by Gasteiger charge is 2.37. The van der Waals surface area contributed by atoms with Crippen LogP contribution in [0.1, 0.15) is 25.7 Å². The molecule has 44 heavy (non-hydrogen) atoms. The highest BCUT2D eigenvalue weighted by Crippen LogP contribution is 2.31. The van der Waals surface area contributed by atoms with Crippen LogP contribution in [0.3, 0.4) is 0 Å². The van der Waals surface area contributed by atoms with Crippen LogP contribution in [0.25, 0.3) is 10.1 Å². The van der Waals surface area contributed by atoms with E-state index in [0.29, 0.717) is 67.9 Å². The maximum Gasteiger partial charge on any atom is 0.252 e. The van der Waals surface area contributed by atoms with Gasteiger partial charge in [0, 0.05) is 61.6 Å². The second-order valence-electron chi connectivity index (χ2n) is 11.3. The first kappa shape index (κ1) is 31.9. The first-order valence-electron chi connectivity index (χ1n) is 14.6. The summed E-state index contributed by atoms with van der Waals surface area (Å²) in [4.78, 5) is 32.3. The summed E-state index contributed by atoms with van der Waals surface area (Å²) in [6, 6.07) is 9.13. The normalized spacial score (nSPS) is 22.7. The predicted octanol–water partition coefficient (Wildman–Crippen LogP) is 2.88. The molecule has 2 unspecified atom stereocenters. The van der Waals surface area contributed by atoms with Crippen LogP contribution in [-0.4, -0.2) is 112 Å². The summed E-state index contributed by atoms with van der Waals surface area (Å²) in [6.07, 6.45) is 2.65. The number of carbonyl (C=O) groups is 2. The SMILES string of the molecule is O=C1C(NS(=O)(=O)c2cc3cc(Cl)ccc3s2)CCCN1CC(=O)N1CCCC1CN1CCN(S(=O)(=O)c2cccs2)CC1. The lowest BCUT2D eigenvalue weighted by Gasteiger charge is -2.37. The van der Waals surface area contributed by atoms with Gasteiger partial charge in [-0.3, -0.25) is 14.5 Å². The van der Waals surface area contributed by atoms with Gasteiger partial charge in [0.25, 0.3) is 20.0 Å². The van der Waals surface area contributed by atoms with Gasteiger partial charge in [0.15, 0.2) is 0 Å². The van der Waals surface area contributed by atoms with E-state index in [-0.39, 0.29) is 22.7 Å². The van der Waals surface area contributed by atoms with Gasteiger partial charge < -0.3 is 9.80 Å². The Labute approximate surface area is 270 Å². The minimum absolute atomic E-state index is 0.0152. The maximum atomic E-state index is 13.4. The molecule has 16 heteroatoms. The molecule has 1 N–H and O–H groups in total. The molecular weight excluding hydrogens is 666 g/mol. The van der Waals surface area contributed by atoms with E-state index >= 15 is 0 Å². The van der Waals surface area contributed by atoms with Gasteiger partial charge in [-0.25, -0.2) is 16.8 Å². The van der Waals surface area contributed by atoms with Gasteiger partial charge in [-0.05, 0) is 66.8 Å². The van der Waals surface area contributed by atoms with E-state index in [4.69, 9.17) is 11.6 Å². The number of benzene rings is 1. The van der Waals surface area contributed by atoms with E-state index in [1.54, 1.807) is 41.8 Å². The molecule has 11 nitrogen and oxygen atoms in total. The minimum atomic E-state index is -3.95. The minimum Gasteiger partial charge on any atom is -0.337 e. The summed E-state index contributed by atoms with van der Waals surface area (Å²) in [5.41, 5.74) is 0. The number of thiophene rings is 2. The molecule has 0 saturated carbocycles. The zero-order chi connectivity index (χ0) is 31.1. The first-order chi connectivity index (χ1) is 21.0. The largest absolute Gasteiger partial charge is 0.337 e. The van der Waals surface area contributed by atoms with E-state index < -0.39 is 32.0 Å². The van der Waals surface area contributed by atoms with Crippen molar-refractivity contribution in [3.05, 3.63) is 46.8 Å². The molecule has 2 amide bonds. The van der Waals surface area contributed by atoms with Crippen LogP contribution >= 0.6 is 34.3 Å². The van der Waals surface area contributed by atoms with Crippen molar-refractivity contribution in [1.29, 1.82) is 0 Å². The number of fused-ring (bicyclic) bond motifs is 1. The van der Waals surface area contributed by atoms with Crippen molar-refractivity contribution in [1.82, 2.24) is 23.7 Å². The quantitative estimate of drug-likeness (QED) is 0.364. The number of sulfonamides is 2. The first-order valence-corrected chi connectivity index (χ1v) is 19.6. The lowest BCUT2D eigenvalue weighted by atomic mass is 10.1. The number of likely N-dealkylation sites (tertiary alicyclic amines) is 2. The number of halogens is 1. The van der Waals surface area contributed by atoms with E-state index in [0.717, 1.165) is 34.3 Å². The number of nitrogens with zero attached hydrogens (tertiary/aromatic N) is 4. The van der Waals surface area contributed by atoms with Gasteiger partial charge in [0.1, 0.15) is 14.5 Å². The summed E-state index contributed by atoms with van der Waals surface area (Å²) < 4.78 is 57.5. The van der Waals surface area contributed by atoms with Crippen molar-refractivity contribution in [2.24, 2.45) is 0 Å². The fourth-order valence-corrected chi connectivity index (χ4v) is 11.5. The van der Waals surface area contributed by atoms with Gasteiger partial charge in [0.2, 0.25) is 11.8 Å². The highest BCUT2D eigenvalue weighted by molar-refractivity contribution is 7.92. The average molecular weight is 700 g/mol. The molecule has 0 spiro atoms. The Kier molecular flexibility index (Phi) is 9.37. The molecule has 2 atom stereocenters. The fourth-order valence-electron chi connectivity index (χ4n) is 6.17. The molecule has 3 aromatic rings. The molecule has 238 valence electrons. The molecule has 5 heterocycles. The Hall–Kier alpha value is -2.11. The zero-order valence-corrected chi connectivity index (χ0v) is 28.0. The highest BCUT2D eigenvalue weighted by atomic mass is 35.5. The second-order valence-corrected chi connectivity index (χ2v) is 17.9. The zero-order valence-electron chi connectivity index (χ0n) is 23.9. The molecular formula is C28H34ClN5O6S4. The summed E-state index contributed by atoms with van der Waals surface area (Å²) in [7, 11) is -7.43. The van der Waals surface area contributed by atoms with Crippen molar-refractivity contribution in [3.63, 3.8) is 0 Å². The lowest BCUT2D eigenvalue weighted by molar-refractivity contribution is -0.143. The Balaban J connectivity index is 1.03. The second kappa shape index (κ2) is 12.9. The van der Waals surface area contributed by atoms with Crippen molar-refractivity contribution in [2.45, 2.75) is 46.2 Å². The van der Waals surface area contributed by atoms with Gasteiger partial charge >= 0.3 is 0 Å². The van der Waals surface area contributed by atoms with Crippen LogP contribution in [0.5, 0.6) is 0 Å². The standard InChI is InChI=1S/C28H34ClN5O6S4/c29-21-7-8-24-20(16-21)17-27(42-24)43(37,38)30-23-5-2-9-32(28(23)36)19-25(35)34-10-1-4-22(34)18-31-11-13-33(14-12-31)44(39,40)26-6-3-15-41-26/h3,6-8,15-17,22-23,30H,1-2,4-5,9-14,18-19H2. The van der Waals surface area contributed by atoms with E-state index in [9.17, 15) is 26.4 Å². The molecule has 3 aliphatic heterocycles. The summed E-state index contributed by atoms with van der Waals surface area (Å²) in [6.45, 7) is 3.51. The molecule has 3 fully saturated rings. The topological polar surface area (TPSA) is 127 Å². The van der Waals surface area contributed by atoms with Crippen LogP contribution < -0.4 is 4.72 Å². The summed E-state index contributed by atoms with van der Waals surface area (Å²) in [5.74, 6) is -0.541. The third kappa shape index (κ3) is 6.70. The van der Waals surface area contributed by atoms with E-state index in [1.807, 2.05) is 4.90 Å². The van der Waals surface area contributed by atoms with Crippen LogP contribution in [0, 0.1) is 0 Å². The Morgan fingerprint density at radius 1 is 0.955 bits per heavy atom. The predicted molar refractivity (Wildman–Crippen MR) is 171 cm³/mol. The monoisotopic (exact) mass is 699 g/mol. The fraction of sp³-hybridized carbons (Fsp3) is 0.500. The smallest absolute Gasteiger partial charge is 0.252 e. The molecule has 1 aromatic carbocycles. The molecule has 0 bridgehead atoms. The van der Waals surface area contributed by atoms with Crippen molar-refractivity contribution >= 4 is 76.2 Å². The van der Waals surface area contributed by atoms with Crippen LogP contribution in [0.2, 0.25) is 5.02 Å². The third-order valence-electron chi connectivity index (χ3n) is 8.46. The number of piperazine rings is 1. The van der Waals surface area contributed by atoms with Crippen molar-refractivity contribution < 1.29 is 26.4 Å². The number of carbonyl (C=O) groups excluding carboxylic acids is 2. The van der Waals surface area contributed by atoms with Crippen LogP contribution in [0.4, 0.5) is 0 Å². The molecule has 0 radical (unpaired) electrons. The third-order valence-corrected chi connectivity index (χ3v) is 15.0. The lowest BCUT2D eigenvalue weighted by Crippen LogP contribution is -2.56. The molecule has 6 rings (SSSR count). The molecule has 3 saturated heterocycles. The number of rotatable bonds is 9. The average Bonchev–Trinajstić information content (AvgIpc) is 3.77. The van der Waals surface area contributed by atoms with Crippen molar-refractivity contribution in [2.75, 3.05) is 52.4 Å². The Morgan fingerprint density at radius 3 is 2.48 bits per heavy atom. The van der Waals surface area contributed by atoms with E-state index in [2.05, 4.69) is 9.62 Å². The van der Waals surface area contributed by atoms with Gasteiger partial charge in [0.05, 0.1) is 6.54 Å². The van der Waals surface area contributed by atoms with Gasteiger partial charge in [-0.1, -0.05) is 17.7 Å². The maximum absolute atomic E-state index is 13.4. The van der Waals surface area contributed by atoms with E-state index in [1.165, 1.54) is 20.5 Å².